The van der Waals surface area contributed by atoms with Gasteiger partial charge in [-0.3, -0.25) is 9.59 Å². The van der Waals surface area contributed by atoms with Crippen LogP contribution < -0.4 is 10.6 Å². The second-order valence-electron chi connectivity index (χ2n) is 6.23. The van der Waals surface area contributed by atoms with E-state index < -0.39 is 5.92 Å². The van der Waals surface area contributed by atoms with E-state index in [0.717, 1.165) is 24.9 Å². The van der Waals surface area contributed by atoms with Crippen molar-refractivity contribution in [2.75, 3.05) is 24.5 Å². The van der Waals surface area contributed by atoms with Gasteiger partial charge < -0.3 is 15.5 Å². The molecule has 0 saturated carbocycles. The van der Waals surface area contributed by atoms with Crippen LogP contribution in [0.25, 0.3) is 0 Å². The monoisotopic (exact) mass is 371 g/mol. The Labute approximate surface area is 153 Å². The van der Waals surface area contributed by atoms with Crippen molar-refractivity contribution >= 4 is 41.5 Å². The van der Waals surface area contributed by atoms with Gasteiger partial charge in [-0.05, 0) is 43.9 Å². The lowest BCUT2D eigenvalue weighted by Gasteiger charge is -2.36. The molecule has 2 atom stereocenters. The summed E-state index contributed by atoms with van der Waals surface area (Å²) in [5.74, 6) is -0.769. The van der Waals surface area contributed by atoms with E-state index in [-0.39, 0.29) is 30.3 Å². The summed E-state index contributed by atoms with van der Waals surface area (Å²) in [6.45, 7) is 1.73. The zero-order valence-electron chi connectivity index (χ0n) is 13.5. The molecule has 5 nitrogen and oxygen atoms in total. The molecule has 24 heavy (non-hydrogen) atoms. The Morgan fingerprint density at radius 2 is 2.04 bits per heavy atom. The molecule has 3 rings (SSSR count). The highest BCUT2D eigenvalue weighted by atomic mass is 35.5. The maximum absolute atomic E-state index is 12.8. The molecule has 1 aromatic carbocycles. The van der Waals surface area contributed by atoms with Crippen molar-refractivity contribution in [2.45, 2.75) is 31.7 Å². The third-order valence-electron chi connectivity index (χ3n) is 4.81. The van der Waals surface area contributed by atoms with Crippen molar-refractivity contribution in [1.82, 2.24) is 4.90 Å². The van der Waals surface area contributed by atoms with Crippen LogP contribution >= 0.6 is 24.0 Å². The minimum atomic E-state index is -0.582. The highest BCUT2D eigenvalue weighted by molar-refractivity contribution is 6.31. The topological polar surface area (TPSA) is 66.6 Å². The fraction of sp³-hybridized carbons (Fsp3) is 0.529. The normalized spacial score (nSPS) is 24.0. The number of carbonyl (C=O) groups excluding carboxylic acids is 2. The van der Waals surface area contributed by atoms with Gasteiger partial charge in [0.05, 0.1) is 0 Å². The maximum Gasteiger partial charge on any atom is 0.239 e. The fourth-order valence-electron chi connectivity index (χ4n) is 3.55. The number of nitrogens with two attached hydrogens (primary N) is 1. The first-order valence-corrected chi connectivity index (χ1v) is 8.57. The molecule has 0 bridgehead atoms. The number of anilines is 1. The molecule has 2 unspecified atom stereocenters. The van der Waals surface area contributed by atoms with E-state index in [1.165, 1.54) is 0 Å². The summed E-state index contributed by atoms with van der Waals surface area (Å²) in [6.07, 6.45) is 3.57. The Kier molecular flexibility index (Phi) is 6.49. The molecule has 7 heteroatoms. The molecule has 2 aliphatic heterocycles. The van der Waals surface area contributed by atoms with Crippen molar-refractivity contribution in [3.05, 3.63) is 29.3 Å². The average molecular weight is 372 g/mol. The van der Waals surface area contributed by atoms with E-state index in [1.807, 2.05) is 17.0 Å². The van der Waals surface area contributed by atoms with Crippen LogP contribution in [0.2, 0.25) is 5.02 Å². The molecule has 1 aromatic rings. The molecule has 0 aliphatic carbocycles. The van der Waals surface area contributed by atoms with Crippen molar-refractivity contribution in [1.29, 1.82) is 0 Å². The molecule has 2 N–H and O–H groups in total. The highest BCUT2D eigenvalue weighted by Gasteiger charge is 2.41. The molecule has 2 fully saturated rings. The zero-order valence-corrected chi connectivity index (χ0v) is 15.1. The van der Waals surface area contributed by atoms with Crippen molar-refractivity contribution in [2.24, 2.45) is 11.7 Å². The number of likely N-dealkylation sites (tertiary alicyclic amines) is 1. The minimum absolute atomic E-state index is 0. The summed E-state index contributed by atoms with van der Waals surface area (Å²) in [6, 6.07) is 7.27. The predicted octanol–water partition coefficient (Wildman–Crippen LogP) is 2.45. The van der Waals surface area contributed by atoms with Gasteiger partial charge >= 0.3 is 0 Å². The quantitative estimate of drug-likeness (QED) is 0.829. The minimum Gasteiger partial charge on any atom is -0.338 e. The van der Waals surface area contributed by atoms with E-state index >= 15 is 0 Å². The van der Waals surface area contributed by atoms with Gasteiger partial charge in [-0.15, -0.1) is 12.4 Å². The number of piperidine rings is 1. The first-order chi connectivity index (χ1) is 11.1. The lowest BCUT2D eigenvalue weighted by atomic mass is 9.98. The maximum atomic E-state index is 12.8. The second-order valence-corrected chi connectivity index (χ2v) is 6.66. The highest BCUT2D eigenvalue weighted by Crippen LogP contribution is 2.29. The molecule has 0 aromatic heterocycles. The standard InChI is InChI=1S/C17H22ClN3O2.ClH/c18-12-4-3-6-13(10-12)21-9-7-15(17(21)23)16(22)20-8-2-1-5-14(20)11-19;/h3-4,6,10,14-15H,1-2,5,7-9,11,19H2;1H. The Morgan fingerprint density at radius 1 is 1.25 bits per heavy atom. The van der Waals surface area contributed by atoms with Gasteiger partial charge in [0.15, 0.2) is 0 Å². The first-order valence-electron chi connectivity index (χ1n) is 8.19. The Bertz CT molecular complexity index is 611. The van der Waals surface area contributed by atoms with E-state index in [9.17, 15) is 9.59 Å². The predicted molar refractivity (Wildman–Crippen MR) is 97.6 cm³/mol. The SMILES string of the molecule is Cl.NCC1CCCCN1C(=O)C1CCN(c2cccc(Cl)c2)C1=O. The molecule has 2 saturated heterocycles. The second kappa shape index (κ2) is 8.19. The van der Waals surface area contributed by atoms with Crippen LogP contribution in [0.3, 0.4) is 0 Å². The summed E-state index contributed by atoms with van der Waals surface area (Å²) < 4.78 is 0. The number of rotatable bonds is 3. The number of halogens is 2. The summed E-state index contributed by atoms with van der Waals surface area (Å²) in [5.41, 5.74) is 6.55. The summed E-state index contributed by atoms with van der Waals surface area (Å²) >= 11 is 6.00. The van der Waals surface area contributed by atoms with Crippen molar-refractivity contribution in [3.8, 4) is 0 Å². The number of nitrogens with zero attached hydrogens (tertiary/aromatic N) is 2. The van der Waals surface area contributed by atoms with Crippen molar-refractivity contribution in [3.63, 3.8) is 0 Å². The van der Waals surface area contributed by atoms with Crippen molar-refractivity contribution < 1.29 is 9.59 Å². The van der Waals surface area contributed by atoms with Crippen LogP contribution in [0.4, 0.5) is 5.69 Å². The molecule has 0 radical (unpaired) electrons. The Hall–Kier alpha value is -1.30. The van der Waals surface area contributed by atoms with Crippen LogP contribution in [-0.2, 0) is 9.59 Å². The van der Waals surface area contributed by atoms with E-state index in [0.29, 0.717) is 31.1 Å². The number of benzene rings is 1. The molecule has 2 heterocycles. The summed E-state index contributed by atoms with van der Waals surface area (Å²) in [7, 11) is 0. The van der Waals surface area contributed by atoms with Gasteiger partial charge in [-0.25, -0.2) is 0 Å². The third-order valence-corrected chi connectivity index (χ3v) is 5.04. The number of amides is 2. The Balaban J connectivity index is 0.00000208. The van der Waals surface area contributed by atoms with Gasteiger partial charge in [0.25, 0.3) is 0 Å². The molecule has 0 spiro atoms. The molecular weight excluding hydrogens is 349 g/mol. The van der Waals surface area contributed by atoms with Crippen LogP contribution in [-0.4, -0.2) is 42.4 Å². The molecular formula is C17H23Cl2N3O2. The summed E-state index contributed by atoms with van der Waals surface area (Å²) in [4.78, 5) is 29.0. The number of carbonyl (C=O) groups is 2. The lowest BCUT2D eigenvalue weighted by Crippen LogP contribution is -2.50. The largest absolute Gasteiger partial charge is 0.338 e. The first kappa shape index (κ1) is 19.0. The third kappa shape index (κ3) is 3.68. The van der Waals surface area contributed by atoms with Crippen LogP contribution in [0.15, 0.2) is 24.3 Å². The average Bonchev–Trinajstić information content (AvgIpc) is 2.95. The van der Waals surface area contributed by atoms with Crippen LogP contribution in [0, 0.1) is 5.92 Å². The summed E-state index contributed by atoms with van der Waals surface area (Å²) in [5, 5.41) is 0.587. The smallest absolute Gasteiger partial charge is 0.239 e. The van der Waals surface area contributed by atoms with Gasteiger partial charge in [-0.2, -0.15) is 0 Å². The molecule has 2 aliphatic rings. The van der Waals surface area contributed by atoms with E-state index in [4.69, 9.17) is 17.3 Å². The van der Waals surface area contributed by atoms with E-state index in [1.54, 1.807) is 17.0 Å². The Morgan fingerprint density at radius 3 is 2.75 bits per heavy atom. The van der Waals surface area contributed by atoms with E-state index in [2.05, 4.69) is 0 Å². The van der Waals surface area contributed by atoms with Gasteiger partial charge in [-0.1, -0.05) is 17.7 Å². The zero-order chi connectivity index (χ0) is 16.4. The molecule has 2 amide bonds. The molecule has 132 valence electrons. The van der Waals surface area contributed by atoms with Gasteiger partial charge in [0, 0.05) is 36.4 Å². The van der Waals surface area contributed by atoms with Crippen LogP contribution in [0.5, 0.6) is 0 Å². The van der Waals surface area contributed by atoms with Gasteiger partial charge in [0.1, 0.15) is 5.92 Å². The number of hydrogen-bond acceptors (Lipinski definition) is 3. The fourth-order valence-corrected chi connectivity index (χ4v) is 3.73. The van der Waals surface area contributed by atoms with Crippen LogP contribution in [0.1, 0.15) is 25.7 Å². The lowest BCUT2D eigenvalue weighted by molar-refractivity contribution is -0.142. The number of hydrogen-bond donors (Lipinski definition) is 1. The van der Waals surface area contributed by atoms with Gasteiger partial charge in [0.2, 0.25) is 11.8 Å².